The average molecular weight is 371 g/mol. The van der Waals surface area contributed by atoms with Crippen molar-refractivity contribution in [2.75, 3.05) is 31.1 Å². The number of carbonyl (C=O) groups excluding carboxylic acids is 2. The second-order valence-corrected chi connectivity index (χ2v) is 6.08. The highest BCUT2D eigenvalue weighted by Crippen LogP contribution is 2.13. The highest BCUT2D eigenvalue weighted by molar-refractivity contribution is 5.92. The summed E-state index contributed by atoms with van der Waals surface area (Å²) in [5.74, 6) is -0.186. The van der Waals surface area contributed by atoms with Crippen LogP contribution in [0, 0.1) is 0 Å². The maximum Gasteiger partial charge on any atom is 0.410 e. The summed E-state index contributed by atoms with van der Waals surface area (Å²) >= 11 is 0. The van der Waals surface area contributed by atoms with Crippen LogP contribution in [0.2, 0.25) is 0 Å². The number of hydrogen-bond acceptors (Lipinski definition) is 7. The molecule has 1 aliphatic rings. The Labute approximate surface area is 156 Å². The molecule has 3 rings (SSSR count). The molecule has 27 heavy (non-hydrogen) atoms. The van der Waals surface area contributed by atoms with Gasteiger partial charge in [0.05, 0.1) is 5.56 Å². The number of carbonyl (C=O) groups is 2. The van der Waals surface area contributed by atoms with E-state index in [0.717, 1.165) is 12.0 Å². The van der Waals surface area contributed by atoms with E-state index in [1.54, 1.807) is 10.4 Å². The third-order valence-corrected chi connectivity index (χ3v) is 4.24. The number of ether oxygens (including phenoxy) is 1. The Balaban J connectivity index is 1.53. The maximum atomic E-state index is 12.3. The van der Waals surface area contributed by atoms with Crippen LogP contribution in [0.5, 0.6) is 0 Å². The van der Waals surface area contributed by atoms with Gasteiger partial charge in [-0.15, -0.1) is 0 Å². The van der Waals surface area contributed by atoms with E-state index >= 15 is 0 Å². The second-order valence-electron chi connectivity index (χ2n) is 6.08. The summed E-state index contributed by atoms with van der Waals surface area (Å²) in [5, 5.41) is 8.63. The minimum absolute atomic E-state index is 0.169. The zero-order valence-electron chi connectivity index (χ0n) is 14.7. The van der Waals surface area contributed by atoms with E-state index in [1.165, 1.54) is 12.4 Å². The molecule has 0 bridgehead atoms. The molecule has 9 nitrogen and oxygen atoms in total. The molecule has 142 valence electrons. The standard InChI is InChI=1S/C18H21N5O4/c24-16(21-26)15-11-19-17(20-12-15)22-7-4-8-23(10-9-22)18(25)27-13-14-5-2-1-3-6-14/h1-3,5-6,11-12,26H,4,7-10,13H2,(H,21,24). The first-order chi connectivity index (χ1) is 13.2. The summed E-state index contributed by atoms with van der Waals surface area (Å²) in [5.41, 5.74) is 2.66. The van der Waals surface area contributed by atoms with Crippen LogP contribution in [0.25, 0.3) is 0 Å². The van der Waals surface area contributed by atoms with E-state index in [2.05, 4.69) is 9.97 Å². The Hall–Kier alpha value is -3.20. The molecule has 1 aliphatic heterocycles. The minimum Gasteiger partial charge on any atom is -0.445 e. The van der Waals surface area contributed by atoms with Crippen LogP contribution < -0.4 is 10.4 Å². The summed E-state index contributed by atoms with van der Waals surface area (Å²) in [6.07, 6.45) is 3.12. The lowest BCUT2D eigenvalue weighted by Crippen LogP contribution is -2.36. The Morgan fingerprint density at radius 2 is 1.81 bits per heavy atom. The molecular formula is C18H21N5O4. The monoisotopic (exact) mass is 371 g/mol. The molecule has 2 heterocycles. The fourth-order valence-corrected chi connectivity index (χ4v) is 2.78. The number of nitrogens with zero attached hydrogens (tertiary/aromatic N) is 4. The highest BCUT2D eigenvalue weighted by atomic mass is 16.6. The van der Waals surface area contributed by atoms with E-state index in [0.29, 0.717) is 32.1 Å². The second kappa shape index (κ2) is 8.95. The van der Waals surface area contributed by atoms with Crippen molar-refractivity contribution in [3.05, 3.63) is 53.9 Å². The predicted molar refractivity (Wildman–Crippen MR) is 96.3 cm³/mol. The predicted octanol–water partition coefficient (Wildman–Crippen LogP) is 1.44. The van der Waals surface area contributed by atoms with Gasteiger partial charge in [-0.3, -0.25) is 10.0 Å². The fourth-order valence-electron chi connectivity index (χ4n) is 2.78. The third-order valence-electron chi connectivity index (χ3n) is 4.24. The number of hydrogen-bond donors (Lipinski definition) is 2. The van der Waals surface area contributed by atoms with Gasteiger partial charge < -0.3 is 14.5 Å². The van der Waals surface area contributed by atoms with Crippen LogP contribution >= 0.6 is 0 Å². The van der Waals surface area contributed by atoms with Crippen LogP contribution in [0.4, 0.5) is 10.7 Å². The number of anilines is 1. The summed E-state index contributed by atoms with van der Waals surface area (Å²) < 4.78 is 5.39. The fraction of sp³-hybridized carbons (Fsp3) is 0.333. The van der Waals surface area contributed by atoms with Crippen molar-refractivity contribution in [3.63, 3.8) is 0 Å². The molecule has 0 unspecified atom stereocenters. The van der Waals surface area contributed by atoms with Crippen LogP contribution in [0.1, 0.15) is 22.3 Å². The molecule has 1 aromatic heterocycles. The Morgan fingerprint density at radius 1 is 1.07 bits per heavy atom. The SMILES string of the molecule is O=C(NO)c1cnc(N2CCCN(C(=O)OCc3ccccc3)CC2)nc1. The molecule has 0 saturated carbocycles. The lowest BCUT2D eigenvalue weighted by atomic mass is 10.2. The number of amides is 2. The Morgan fingerprint density at radius 3 is 2.52 bits per heavy atom. The molecule has 0 radical (unpaired) electrons. The molecule has 1 fully saturated rings. The summed E-state index contributed by atoms with van der Waals surface area (Å²) in [7, 11) is 0. The first-order valence-corrected chi connectivity index (χ1v) is 8.64. The van der Waals surface area contributed by atoms with Gasteiger partial charge in [-0.2, -0.15) is 0 Å². The van der Waals surface area contributed by atoms with Gasteiger partial charge in [0.2, 0.25) is 5.95 Å². The normalized spacial score (nSPS) is 14.4. The molecule has 2 aromatic rings. The smallest absolute Gasteiger partial charge is 0.410 e. The van der Waals surface area contributed by atoms with Gasteiger partial charge >= 0.3 is 6.09 Å². The van der Waals surface area contributed by atoms with Crippen molar-refractivity contribution in [3.8, 4) is 0 Å². The van der Waals surface area contributed by atoms with Crippen LogP contribution in [0.3, 0.4) is 0 Å². The first-order valence-electron chi connectivity index (χ1n) is 8.64. The van der Waals surface area contributed by atoms with Crippen molar-refractivity contribution in [2.24, 2.45) is 0 Å². The molecule has 0 spiro atoms. The summed E-state index contributed by atoms with van der Waals surface area (Å²) in [4.78, 5) is 35.6. The van der Waals surface area contributed by atoms with Gasteiger partial charge in [0.1, 0.15) is 6.61 Å². The van der Waals surface area contributed by atoms with Crippen LogP contribution in [0.15, 0.2) is 42.7 Å². The van der Waals surface area contributed by atoms with Gasteiger partial charge in [0.25, 0.3) is 5.91 Å². The van der Waals surface area contributed by atoms with Gasteiger partial charge in [0.15, 0.2) is 0 Å². The van der Waals surface area contributed by atoms with Crippen molar-refractivity contribution in [2.45, 2.75) is 13.0 Å². The van der Waals surface area contributed by atoms with Gasteiger partial charge in [0, 0.05) is 38.6 Å². The van der Waals surface area contributed by atoms with E-state index in [4.69, 9.17) is 9.94 Å². The van der Waals surface area contributed by atoms with E-state index in [9.17, 15) is 9.59 Å². The minimum atomic E-state index is -0.662. The van der Waals surface area contributed by atoms with Crippen LogP contribution in [-0.2, 0) is 11.3 Å². The Bertz CT molecular complexity index is 769. The molecule has 9 heteroatoms. The number of nitrogens with one attached hydrogen (secondary N) is 1. The quantitative estimate of drug-likeness (QED) is 0.618. The summed E-state index contributed by atoms with van der Waals surface area (Å²) in [6, 6.07) is 9.55. The van der Waals surface area contributed by atoms with Crippen molar-refractivity contribution >= 4 is 17.9 Å². The van der Waals surface area contributed by atoms with E-state index in [-0.39, 0.29) is 18.3 Å². The van der Waals surface area contributed by atoms with Gasteiger partial charge in [-0.1, -0.05) is 30.3 Å². The molecule has 0 aliphatic carbocycles. The molecular weight excluding hydrogens is 350 g/mol. The van der Waals surface area contributed by atoms with Crippen molar-refractivity contribution in [1.29, 1.82) is 0 Å². The zero-order valence-corrected chi connectivity index (χ0v) is 14.7. The topological polar surface area (TPSA) is 108 Å². The molecule has 2 amide bonds. The maximum absolute atomic E-state index is 12.3. The van der Waals surface area contributed by atoms with Crippen LogP contribution in [-0.4, -0.2) is 58.3 Å². The molecule has 2 N–H and O–H groups in total. The van der Waals surface area contributed by atoms with E-state index < -0.39 is 5.91 Å². The van der Waals surface area contributed by atoms with E-state index in [1.807, 2.05) is 35.2 Å². The molecule has 1 aromatic carbocycles. The molecule has 0 atom stereocenters. The third kappa shape index (κ3) is 4.91. The lowest BCUT2D eigenvalue weighted by molar-refractivity contribution is 0.0705. The number of benzene rings is 1. The highest BCUT2D eigenvalue weighted by Gasteiger charge is 2.21. The summed E-state index contributed by atoms with van der Waals surface area (Å²) in [6.45, 7) is 2.59. The number of aromatic nitrogens is 2. The Kier molecular flexibility index (Phi) is 6.16. The van der Waals surface area contributed by atoms with Gasteiger partial charge in [-0.25, -0.2) is 20.2 Å². The zero-order chi connectivity index (χ0) is 19.1. The van der Waals surface area contributed by atoms with Crippen molar-refractivity contribution in [1.82, 2.24) is 20.3 Å². The largest absolute Gasteiger partial charge is 0.445 e. The first kappa shape index (κ1) is 18.6. The van der Waals surface area contributed by atoms with Crippen molar-refractivity contribution < 1.29 is 19.5 Å². The number of rotatable bonds is 4. The van der Waals surface area contributed by atoms with Gasteiger partial charge in [-0.05, 0) is 12.0 Å². The number of hydroxylamine groups is 1. The lowest BCUT2D eigenvalue weighted by Gasteiger charge is -2.21. The molecule has 1 saturated heterocycles. The average Bonchev–Trinajstić information content (AvgIpc) is 2.98.